The van der Waals surface area contributed by atoms with E-state index >= 15 is 0 Å². The Morgan fingerprint density at radius 1 is 1.60 bits per heavy atom. The van der Waals surface area contributed by atoms with Crippen molar-refractivity contribution in [1.29, 1.82) is 0 Å². The van der Waals surface area contributed by atoms with Crippen LogP contribution in [0.4, 0.5) is 4.79 Å². The van der Waals surface area contributed by atoms with Crippen molar-refractivity contribution in [2.24, 2.45) is 0 Å². The van der Waals surface area contributed by atoms with E-state index in [1.54, 1.807) is 13.0 Å². The normalized spacial score (nSPS) is 19.0. The molecule has 1 saturated heterocycles. The molecule has 0 bridgehead atoms. The zero-order chi connectivity index (χ0) is 14.7. The summed E-state index contributed by atoms with van der Waals surface area (Å²) in [6.07, 6.45) is 0.402. The molecule has 0 aromatic carbocycles. The third-order valence-electron chi connectivity index (χ3n) is 3.32. The van der Waals surface area contributed by atoms with E-state index in [4.69, 9.17) is 9.52 Å². The summed E-state index contributed by atoms with van der Waals surface area (Å²) in [5.41, 5.74) is 0.621. The van der Waals surface area contributed by atoms with E-state index in [2.05, 4.69) is 15.0 Å². The maximum absolute atomic E-state index is 11.1. The Labute approximate surface area is 116 Å². The lowest BCUT2D eigenvalue weighted by Crippen LogP contribution is -2.36. The molecular weight excluding hydrogens is 264 g/mol. The van der Waals surface area contributed by atoms with Crippen LogP contribution in [0.25, 0.3) is 0 Å². The van der Waals surface area contributed by atoms with Crippen LogP contribution in [0.5, 0.6) is 0 Å². The van der Waals surface area contributed by atoms with Crippen molar-refractivity contribution in [3.05, 3.63) is 23.2 Å². The zero-order valence-corrected chi connectivity index (χ0v) is 11.5. The maximum atomic E-state index is 11.1. The fourth-order valence-corrected chi connectivity index (χ4v) is 2.38. The van der Waals surface area contributed by atoms with Crippen molar-refractivity contribution in [1.82, 2.24) is 10.2 Å². The van der Waals surface area contributed by atoms with Crippen LogP contribution < -0.4 is 5.32 Å². The van der Waals surface area contributed by atoms with Crippen LogP contribution >= 0.6 is 0 Å². The molecule has 20 heavy (non-hydrogen) atoms. The quantitative estimate of drug-likeness (QED) is 0.862. The number of furan rings is 1. The van der Waals surface area contributed by atoms with Gasteiger partial charge in [0.15, 0.2) is 0 Å². The molecule has 2 rings (SSSR count). The molecule has 0 saturated carbocycles. The molecule has 0 aliphatic carbocycles. The van der Waals surface area contributed by atoms with Crippen molar-refractivity contribution >= 4 is 12.1 Å². The number of methoxy groups -OCH3 is 1. The van der Waals surface area contributed by atoms with Crippen LogP contribution in [0.15, 0.2) is 10.5 Å². The van der Waals surface area contributed by atoms with Crippen LogP contribution in [0, 0.1) is 6.92 Å². The Morgan fingerprint density at radius 3 is 2.95 bits per heavy atom. The van der Waals surface area contributed by atoms with E-state index in [1.807, 2.05) is 0 Å². The molecule has 1 atom stereocenters. The zero-order valence-electron chi connectivity index (χ0n) is 11.5. The molecule has 7 heteroatoms. The van der Waals surface area contributed by atoms with E-state index in [9.17, 15) is 9.59 Å². The van der Waals surface area contributed by atoms with E-state index in [1.165, 1.54) is 7.11 Å². The van der Waals surface area contributed by atoms with Gasteiger partial charge in [-0.1, -0.05) is 0 Å². The number of ether oxygens (including phenoxy) is 1. The van der Waals surface area contributed by atoms with Gasteiger partial charge in [-0.05, 0) is 19.4 Å². The van der Waals surface area contributed by atoms with Crippen molar-refractivity contribution in [2.45, 2.75) is 25.9 Å². The first-order valence-corrected chi connectivity index (χ1v) is 6.39. The van der Waals surface area contributed by atoms with Crippen molar-refractivity contribution in [3.8, 4) is 0 Å². The number of amides is 1. The third-order valence-corrected chi connectivity index (χ3v) is 3.32. The van der Waals surface area contributed by atoms with E-state index in [0.717, 1.165) is 13.0 Å². The largest absolute Gasteiger partial charge is 0.475 e. The molecule has 2 N–H and O–H groups in total. The molecule has 0 spiro atoms. The predicted octanol–water partition coefficient (Wildman–Crippen LogP) is 1.22. The minimum atomic E-state index is -1.06. The molecule has 1 aliphatic heterocycles. The van der Waals surface area contributed by atoms with E-state index in [-0.39, 0.29) is 11.8 Å². The molecule has 1 aromatic heterocycles. The topological polar surface area (TPSA) is 92.0 Å². The maximum Gasteiger partial charge on any atom is 0.407 e. The number of aromatic carboxylic acids is 1. The number of nitrogens with one attached hydrogen (secondary N) is 1. The molecule has 0 radical (unpaired) electrons. The first kappa shape index (κ1) is 14.4. The van der Waals surface area contributed by atoms with Crippen LogP contribution in [-0.2, 0) is 11.3 Å². The Morgan fingerprint density at radius 2 is 2.35 bits per heavy atom. The third kappa shape index (κ3) is 3.30. The first-order chi connectivity index (χ1) is 9.49. The average molecular weight is 282 g/mol. The average Bonchev–Trinajstić information content (AvgIpc) is 2.96. The van der Waals surface area contributed by atoms with Gasteiger partial charge in [-0.15, -0.1) is 0 Å². The van der Waals surface area contributed by atoms with Crippen LogP contribution in [0.2, 0.25) is 0 Å². The fraction of sp³-hybridized carbons (Fsp3) is 0.538. The van der Waals surface area contributed by atoms with Crippen molar-refractivity contribution in [2.75, 3.05) is 20.2 Å². The Hall–Kier alpha value is -2.02. The molecule has 110 valence electrons. The standard InChI is InChI=1S/C13H18N2O5/c1-8-5-10(20-11(8)12(16)17)7-15-4-3-9(6-15)14-13(18)19-2/h5,9H,3-4,6-7H2,1-2H3,(H,14,18)(H,16,17). The highest BCUT2D eigenvalue weighted by molar-refractivity contribution is 5.86. The van der Waals surface area contributed by atoms with Gasteiger partial charge in [-0.25, -0.2) is 9.59 Å². The molecule has 1 fully saturated rings. The van der Waals surface area contributed by atoms with Gasteiger partial charge in [0.1, 0.15) is 5.76 Å². The number of hydrogen-bond donors (Lipinski definition) is 2. The highest BCUT2D eigenvalue weighted by atomic mass is 16.5. The fourth-order valence-electron chi connectivity index (χ4n) is 2.38. The Balaban J connectivity index is 1.90. The van der Waals surface area contributed by atoms with Gasteiger partial charge in [0.2, 0.25) is 5.76 Å². The molecular formula is C13H18N2O5. The second-order valence-electron chi connectivity index (χ2n) is 4.89. The van der Waals surface area contributed by atoms with Crippen LogP contribution in [0.1, 0.15) is 28.3 Å². The highest BCUT2D eigenvalue weighted by Crippen LogP contribution is 2.19. The SMILES string of the molecule is COC(=O)NC1CCN(Cc2cc(C)c(C(=O)O)o2)C1. The number of likely N-dealkylation sites (tertiary alicyclic amines) is 1. The number of hydrogen-bond acceptors (Lipinski definition) is 5. The minimum absolute atomic E-state index is 0.0107. The van der Waals surface area contributed by atoms with Gasteiger partial charge in [0.25, 0.3) is 0 Å². The van der Waals surface area contributed by atoms with Gasteiger partial charge in [0, 0.05) is 24.7 Å². The smallest absolute Gasteiger partial charge is 0.407 e. The molecule has 2 heterocycles. The minimum Gasteiger partial charge on any atom is -0.475 e. The van der Waals surface area contributed by atoms with Crippen molar-refractivity contribution in [3.63, 3.8) is 0 Å². The number of alkyl carbamates (subject to hydrolysis) is 1. The van der Waals surface area contributed by atoms with Crippen LogP contribution in [0.3, 0.4) is 0 Å². The number of carboxylic acids is 1. The summed E-state index contributed by atoms with van der Waals surface area (Å²) in [6.45, 7) is 3.75. The number of carbonyl (C=O) groups excluding carboxylic acids is 1. The summed E-state index contributed by atoms with van der Waals surface area (Å²) in [5.74, 6) is -0.442. The predicted molar refractivity (Wildman–Crippen MR) is 69.6 cm³/mol. The second kappa shape index (κ2) is 5.96. The summed E-state index contributed by atoms with van der Waals surface area (Å²) in [5, 5.41) is 11.7. The lowest BCUT2D eigenvalue weighted by atomic mass is 10.2. The number of nitrogens with zero attached hydrogens (tertiary/aromatic N) is 1. The van der Waals surface area contributed by atoms with Crippen molar-refractivity contribution < 1.29 is 23.8 Å². The molecule has 1 aliphatic rings. The van der Waals surface area contributed by atoms with E-state index in [0.29, 0.717) is 24.4 Å². The second-order valence-corrected chi connectivity index (χ2v) is 4.89. The lowest BCUT2D eigenvalue weighted by molar-refractivity contribution is 0.0657. The van der Waals surface area contributed by atoms with E-state index < -0.39 is 12.1 Å². The molecule has 1 aromatic rings. The summed E-state index contributed by atoms with van der Waals surface area (Å²) >= 11 is 0. The van der Waals surface area contributed by atoms with Crippen LogP contribution in [-0.4, -0.2) is 48.3 Å². The van der Waals surface area contributed by atoms with Gasteiger partial charge in [-0.2, -0.15) is 0 Å². The van der Waals surface area contributed by atoms with Gasteiger partial charge in [0.05, 0.1) is 13.7 Å². The Kier molecular flexibility index (Phi) is 4.29. The Bertz CT molecular complexity index is 511. The molecule has 1 amide bonds. The highest BCUT2D eigenvalue weighted by Gasteiger charge is 2.25. The lowest BCUT2D eigenvalue weighted by Gasteiger charge is -2.14. The van der Waals surface area contributed by atoms with Gasteiger partial charge in [-0.3, -0.25) is 4.90 Å². The number of aryl methyl sites for hydroxylation is 1. The monoisotopic (exact) mass is 282 g/mol. The molecule has 7 nitrogen and oxygen atoms in total. The first-order valence-electron chi connectivity index (χ1n) is 6.39. The summed E-state index contributed by atoms with van der Waals surface area (Å²) in [7, 11) is 1.33. The van der Waals surface area contributed by atoms with Gasteiger partial charge >= 0.3 is 12.1 Å². The summed E-state index contributed by atoms with van der Waals surface area (Å²) < 4.78 is 9.88. The molecule has 1 unspecified atom stereocenters. The summed E-state index contributed by atoms with van der Waals surface area (Å²) in [6, 6.07) is 1.79. The number of carboxylic acid groups (broad SMARTS) is 1. The van der Waals surface area contributed by atoms with Gasteiger partial charge < -0.3 is 19.6 Å². The summed E-state index contributed by atoms with van der Waals surface area (Å²) in [4.78, 5) is 24.1. The number of carbonyl (C=O) groups is 2. The number of rotatable bonds is 4.